The molecule has 3 fully saturated rings. The normalized spacial score (nSPS) is 18.5. The number of nitrogens with two attached hydrogens (primary N) is 1. The lowest BCUT2D eigenvalue weighted by molar-refractivity contribution is -0.142. The molecule has 4 rings (SSSR count). The van der Waals surface area contributed by atoms with Crippen molar-refractivity contribution in [2.45, 2.75) is 114 Å². The number of pyridine rings is 1. The fourth-order valence-electron chi connectivity index (χ4n) is 10.1. The lowest BCUT2D eigenvalue weighted by Gasteiger charge is -2.42. The van der Waals surface area contributed by atoms with Crippen molar-refractivity contribution in [3.8, 4) is 0 Å². The maximum atomic E-state index is 14.7. The van der Waals surface area contributed by atoms with E-state index in [9.17, 15) is 63.3 Å². The van der Waals surface area contributed by atoms with E-state index in [1.165, 1.54) is 11.8 Å². The van der Waals surface area contributed by atoms with Gasteiger partial charge in [0.2, 0.25) is 35.4 Å². The van der Waals surface area contributed by atoms with E-state index in [1.54, 1.807) is 38.3 Å². The topological polar surface area (TPSA) is 350 Å². The molecule has 1 aromatic heterocycles. The number of aliphatic imine (C=N–C) groups is 1. The summed E-state index contributed by atoms with van der Waals surface area (Å²) in [6, 6.07) is 3.71. The highest BCUT2D eigenvalue weighted by Gasteiger charge is 2.45. The molecule has 464 valence electrons. The number of piperidine rings is 2. The molecule has 83 heavy (non-hydrogen) atoms. The van der Waals surface area contributed by atoms with E-state index in [2.05, 4.69) is 33.0 Å². The van der Waals surface area contributed by atoms with Crippen LogP contribution in [0.3, 0.4) is 0 Å². The molecule has 3 aliphatic heterocycles. The maximum Gasteiger partial charge on any atom is 0.317 e. The third kappa shape index (κ3) is 25.9. The molecule has 3 atom stereocenters. The minimum Gasteiger partial charge on any atom is -0.480 e. The lowest BCUT2D eigenvalue weighted by atomic mass is 9.85. The molecule has 0 unspecified atom stereocenters. The van der Waals surface area contributed by atoms with Crippen molar-refractivity contribution >= 4 is 89.5 Å². The second-order valence-electron chi connectivity index (χ2n) is 22.1. The van der Waals surface area contributed by atoms with Gasteiger partial charge in [-0.3, -0.25) is 77.4 Å². The average molecular weight is 1200 g/mol. The number of primary amides is 1. The second-order valence-corrected chi connectivity index (χ2v) is 24.3. The maximum absolute atomic E-state index is 14.7. The van der Waals surface area contributed by atoms with E-state index in [-0.39, 0.29) is 159 Å². The zero-order chi connectivity index (χ0) is 61.1. The van der Waals surface area contributed by atoms with Crippen LogP contribution in [-0.2, 0) is 59.5 Å². The third-order valence-electron chi connectivity index (χ3n) is 15.1. The molecular formula is C55H89N13O13S2. The molecular weight excluding hydrogens is 1110 g/mol. The van der Waals surface area contributed by atoms with Gasteiger partial charge in [0.1, 0.15) is 17.6 Å². The first-order valence-corrected chi connectivity index (χ1v) is 30.9. The Morgan fingerprint density at radius 3 is 1.60 bits per heavy atom. The number of aliphatic carboxylic acids is 3. The summed E-state index contributed by atoms with van der Waals surface area (Å²) < 4.78 is 0. The number of nitrogens with one attached hydrogen (secondary N) is 4. The summed E-state index contributed by atoms with van der Waals surface area (Å²) in [4.78, 5) is 148. The number of hydrogen-bond acceptors (Lipinski definition) is 18. The van der Waals surface area contributed by atoms with E-state index < -0.39 is 59.2 Å². The number of hydrogen-bond donors (Lipinski definition) is 8. The zero-order valence-corrected chi connectivity index (χ0v) is 50.4. The van der Waals surface area contributed by atoms with E-state index >= 15 is 0 Å². The van der Waals surface area contributed by atoms with E-state index in [1.807, 2.05) is 48.8 Å². The van der Waals surface area contributed by atoms with Crippen molar-refractivity contribution in [2.24, 2.45) is 22.6 Å². The van der Waals surface area contributed by atoms with Gasteiger partial charge in [0, 0.05) is 120 Å². The number of rotatable bonds is 31. The third-order valence-corrected chi connectivity index (χ3v) is 17.1. The molecule has 4 heterocycles. The fraction of sp³-hybridized carbons (Fsp3) is 0.709. The summed E-state index contributed by atoms with van der Waals surface area (Å²) in [7, 11) is 0. The second kappa shape index (κ2) is 36.2. The molecule has 7 amide bonds. The van der Waals surface area contributed by atoms with Crippen LogP contribution in [0.2, 0.25) is 0 Å². The van der Waals surface area contributed by atoms with Gasteiger partial charge in [-0.2, -0.15) is 23.5 Å². The van der Waals surface area contributed by atoms with Gasteiger partial charge in [-0.05, 0) is 62.8 Å². The minimum absolute atomic E-state index is 0.0142. The molecule has 3 aliphatic rings. The summed E-state index contributed by atoms with van der Waals surface area (Å²) in [5.74, 6) is -4.46. The molecule has 9 N–H and O–H groups in total. The molecule has 0 spiro atoms. The van der Waals surface area contributed by atoms with Crippen LogP contribution in [0, 0.1) is 11.8 Å². The van der Waals surface area contributed by atoms with Gasteiger partial charge < -0.3 is 47.2 Å². The van der Waals surface area contributed by atoms with Crippen molar-refractivity contribution in [1.82, 2.24) is 55.7 Å². The molecule has 0 saturated carbocycles. The van der Waals surface area contributed by atoms with Crippen LogP contribution in [0.25, 0.3) is 0 Å². The predicted molar refractivity (Wildman–Crippen MR) is 315 cm³/mol. The molecule has 0 aliphatic carbocycles. The largest absolute Gasteiger partial charge is 0.480 e. The molecule has 0 aromatic carbocycles. The van der Waals surface area contributed by atoms with Gasteiger partial charge in [-0.25, -0.2) is 4.99 Å². The molecule has 3 saturated heterocycles. The summed E-state index contributed by atoms with van der Waals surface area (Å²) in [6.07, 6.45) is 2.63. The van der Waals surface area contributed by atoms with Gasteiger partial charge in [0.05, 0.1) is 44.1 Å². The van der Waals surface area contributed by atoms with E-state index in [4.69, 9.17) is 10.7 Å². The quantitative estimate of drug-likeness (QED) is 0.0347. The van der Waals surface area contributed by atoms with Crippen molar-refractivity contribution < 1.29 is 63.3 Å². The minimum atomic E-state index is -1.55. The Balaban J connectivity index is 1.41. The number of amides is 7. The highest BCUT2D eigenvalue weighted by atomic mass is 32.2. The zero-order valence-electron chi connectivity index (χ0n) is 48.7. The Bertz CT molecular complexity index is 2320. The highest BCUT2D eigenvalue weighted by Crippen LogP contribution is 2.26. The van der Waals surface area contributed by atoms with Crippen LogP contribution in [0.5, 0.6) is 0 Å². The number of aromatic nitrogens is 1. The van der Waals surface area contributed by atoms with Gasteiger partial charge in [0.25, 0.3) is 5.91 Å². The van der Waals surface area contributed by atoms with Crippen LogP contribution in [-0.4, -0.2) is 262 Å². The molecule has 1 aromatic rings. The number of carboxylic acids is 3. The molecule has 26 nitrogen and oxygen atoms in total. The number of likely N-dealkylation sites (tertiary alicyclic amines) is 2. The first-order chi connectivity index (χ1) is 39.5. The van der Waals surface area contributed by atoms with Crippen LogP contribution in [0.1, 0.15) is 90.4 Å². The van der Waals surface area contributed by atoms with Crippen LogP contribution in [0.4, 0.5) is 0 Å². The van der Waals surface area contributed by atoms with Gasteiger partial charge >= 0.3 is 17.9 Å². The van der Waals surface area contributed by atoms with E-state index in [0.29, 0.717) is 48.9 Å². The molecule has 0 bridgehead atoms. The van der Waals surface area contributed by atoms with Crippen molar-refractivity contribution in [3.63, 3.8) is 0 Å². The fourth-order valence-corrected chi connectivity index (χ4v) is 11.8. The van der Waals surface area contributed by atoms with E-state index in [0.717, 1.165) is 24.2 Å². The smallest absolute Gasteiger partial charge is 0.317 e. The average Bonchev–Trinajstić information content (AvgIpc) is 3.61. The monoisotopic (exact) mass is 1200 g/mol. The van der Waals surface area contributed by atoms with Crippen molar-refractivity contribution in [1.29, 1.82) is 0 Å². The standard InChI is InChI=1S/C55H89N13O13S2/c1-6-39(4)51(52(56)79)61-53(80)43(30-38(2)3)60-54(81)55(62-45(70)13-29-83-37-42-9-7-8-41(58-42)36-82-28-12-44(69)59-40-10-16-63(17-11-40)31-46(71)57-5)14-18-68(19-15-55)47(72)32-64-20-22-65(33-48(73)74)24-26-67(35-50(77)78)27-25-66(23-21-64)34-49(75)76/h7-9,38-40,43,51H,5-6,10-37H2,1-4H3,(H2,56,79)(H,59,69)(H,60,81)(H,61,80)(H,62,70)(H,73,74)(H,75,76)(H,77,78)/t39-,43-,51-/m0/s1. The first-order valence-electron chi connectivity index (χ1n) is 28.6. The SMILES string of the molecule is C=NC(=O)CN1CCC(NC(=O)CCSCc2cccc(CSCCC(=O)NC3(C(=O)N[C@@H](CC(C)C)C(=O)N[C@H](C(N)=O)[C@@H](C)CC)CCN(C(=O)CN4CCN(CC(=O)O)CCN(CC(=O)O)CCN(CC(=O)O)CC4)CC3)n2)CC1. The number of nitrogens with zero attached hydrogens (tertiary/aromatic N) is 8. The number of carbonyl (C=O) groups excluding carboxylic acids is 7. The predicted octanol–water partition coefficient (Wildman–Crippen LogP) is -0.364. The van der Waals surface area contributed by atoms with Crippen LogP contribution < -0.4 is 27.0 Å². The Hall–Kier alpha value is -5.78. The Kier molecular flexibility index (Phi) is 30.4. The van der Waals surface area contributed by atoms with Gasteiger partial charge in [-0.15, -0.1) is 0 Å². The summed E-state index contributed by atoms with van der Waals surface area (Å²) in [5, 5.41) is 40.6. The summed E-state index contributed by atoms with van der Waals surface area (Å²) >= 11 is 3.09. The van der Waals surface area contributed by atoms with Crippen molar-refractivity contribution in [2.75, 3.05) is 123 Å². The first kappa shape index (κ1) is 69.7. The molecule has 0 radical (unpaired) electrons. The lowest BCUT2D eigenvalue weighted by Crippen LogP contribution is -2.66. The molecule has 28 heteroatoms. The number of carbonyl (C=O) groups is 10. The Labute approximate surface area is 495 Å². The Morgan fingerprint density at radius 1 is 0.687 bits per heavy atom. The van der Waals surface area contributed by atoms with Crippen molar-refractivity contribution in [3.05, 3.63) is 29.6 Å². The Morgan fingerprint density at radius 2 is 1.16 bits per heavy atom. The summed E-state index contributed by atoms with van der Waals surface area (Å²) in [6.45, 7) is 13.1. The van der Waals surface area contributed by atoms with Crippen LogP contribution in [0.15, 0.2) is 23.2 Å². The van der Waals surface area contributed by atoms with Gasteiger partial charge in [0.15, 0.2) is 0 Å². The van der Waals surface area contributed by atoms with Crippen LogP contribution >= 0.6 is 23.5 Å². The number of thioether (sulfide) groups is 2. The van der Waals surface area contributed by atoms with Gasteiger partial charge in [-0.1, -0.05) is 40.2 Å². The number of carboxylic acid groups (broad SMARTS) is 3. The highest BCUT2D eigenvalue weighted by molar-refractivity contribution is 7.98. The summed E-state index contributed by atoms with van der Waals surface area (Å²) in [5.41, 5.74) is 5.81.